The summed E-state index contributed by atoms with van der Waals surface area (Å²) < 4.78 is 0. The lowest BCUT2D eigenvalue weighted by atomic mass is 9.87. The number of carbonyl (C=O) groups is 1. The molecule has 22 heavy (non-hydrogen) atoms. The van der Waals surface area contributed by atoms with Crippen LogP contribution in [-0.4, -0.2) is 36.1 Å². The Morgan fingerprint density at radius 3 is 2.55 bits per heavy atom. The van der Waals surface area contributed by atoms with Gasteiger partial charge in [-0.3, -0.25) is 0 Å². The molecule has 1 saturated carbocycles. The molecule has 0 radical (unpaired) electrons. The molecule has 0 bridgehead atoms. The predicted octanol–water partition coefficient (Wildman–Crippen LogP) is 3.28. The van der Waals surface area contributed by atoms with Gasteiger partial charge in [-0.25, -0.2) is 4.79 Å². The van der Waals surface area contributed by atoms with Crippen LogP contribution in [0.1, 0.15) is 25.7 Å². The van der Waals surface area contributed by atoms with E-state index in [1.54, 1.807) is 11.8 Å². The van der Waals surface area contributed by atoms with Crippen LogP contribution in [0.2, 0.25) is 5.02 Å². The highest BCUT2D eigenvalue weighted by atomic mass is 35.5. The van der Waals surface area contributed by atoms with E-state index in [1.807, 2.05) is 24.3 Å². The summed E-state index contributed by atoms with van der Waals surface area (Å²) >= 11 is 7.53. The van der Waals surface area contributed by atoms with Crippen molar-refractivity contribution in [3.05, 3.63) is 29.3 Å². The van der Waals surface area contributed by atoms with E-state index in [4.69, 9.17) is 16.7 Å². The zero-order valence-corrected chi connectivity index (χ0v) is 14.1. The number of thioether (sulfide) groups is 1. The summed E-state index contributed by atoms with van der Waals surface area (Å²) in [5.74, 6) is 1.24. The van der Waals surface area contributed by atoms with E-state index in [0.717, 1.165) is 41.4 Å². The quantitative estimate of drug-likeness (QED) is 0.549. The van der Waals surface area contributed by atoms with Crippen LogP contribution in [0, 0.1) is 5.92 Å². The molecule has 1 aliphatic rings. The van der Waals surface area contributed by atoms with Gasteiger partial charge < -0.3 is 15.7 Å². The number of hydrogen-bond donors (Lipinski definition) is 3. The Labute approximate surface area is 141 Å². The molecule has 0 atom stereocenters. The molecule has 1 aromatic carbocycles. The monoisotopic (exact) mass is 342 g/mol. The fourth-order valence-corrected chi connectivity index (χ4v) is 3.48. The van der Waals surface area contributed by atoms with Gasteiger partial charge in [-0.2, -0.15) is 0 Å². The van der Waals surface area contributed by atoms with Crippen LogP contribution in [0.5, 0.6) is 0 Å². The van der Waals surface area contributed by atoms with Crippen LogP contribution in [0.15, 0.2) is 29.2 Å². The molecule has 0 unspecified atom stereocenters. The standard InChI is InChI=1S/C16H23ClN2O2S/c17-13-3-7-15(8-4-13)22-10-9-18-16(21)19-14-5-1-12(11-20)2-6-14/h3-4,7-8,12,14,20H,1-2,5-6,9-11H2,(H2,18,19,21). The first-order valence-corrected chi connectivity index (χ1v) is 9.07. The molecular weight excluding hydrogens is 320 g/mol. The molecule has 4 nitrogen and oxygen atoms in total. The number of nitrogens with one attached hydrogen (secondary N) is 2. The fraction of sp³-hybridized carbons (Fsp3) is 0.562. The zero-order valence-electron chi connectivity index (χ0n) is 12.6. The minimum atomic E-state index is -0.0934. The molecule has 6 heteroatoms. The van der Waals surface area contributed by atoms with E-state index in [9.17, 15) is 4.79 Å². The van der Waals surface area contributed by atoms with Crippen molar-refractivity contribution in [2.24, 2.45) is 5.92 Å². The largest absolute Gasteiger partial charge is 0.396 e. The number of benzene rings is 1. The Bertz CT molecular complexity index is 462. The number of amides is 2. The van der Waals surface area contributed by atoms with Crippen molar-refractivity contribution in [3.63, 3.8) is 0 Å². The van der Waals surface area contributed by atoms with E-state index < -0.39 is 0 Å². The number of aliphatic hydroxyl groups excluding tert-OH is 1. The molecule has 0 heterocycles. The molecule has 1 fully saturated rings. The van der Waals surface area contributed by atoms with Gasteiger partial charge in [0, 0.05) is 34.9 Å². The van der Waals surface area contributed by atoms with Crippen LogP contribution in [0.25, 0.3) is 0 Å². The predicted molar refractivity (Wildman–Crippen MR) is 91.5 cm³/mol. The Kier molecular flexibility index (Phi) is 7.36. The van der Waals surface area contributed by atoms with E-state index in [0.29, 0.717) is 12.5 Å². The number of halogens is 1. The first-order valence-electron chi connectivity index (χ1n) is 7.71. The van der Waals surface area contributed by atoms with Gasteiger partial charge in [-0.15, -0.1) is 11.8 Å². The fourth-order valence-electron chi connectivity index (χ4n) is 2.59. The molecule has 1 aliphatic carbocycles. The molecule has 122 valence electrons. The third-order valence-electron chi connectivity index (χ3n) is 3.91. The molecule has 0 spiro atoms. The number of hydrogen-bond acceptors (Lipinski definition) is 3. The van der Waals surface area contributed by atoms with Gasteiger partial charge in [0.25, 0.3) is 0 Å². The number of aliphatic hydroxyl groups is 1. The Morgan fingerprint density at radius 1 is 1.23 bits per heavy atom. The smallest absolute Gasteiger partial charge is 0.315 e. The molecule has 0 saturated heterocycles. The average molecular weight is 343 g/mol. The summed E-state index contributed by atoms with van der Waals surface area (Å²) in [4.78, 5) is 13.0. The third-order valence-corrected chi connectivity index (χ3v) is 5.18. The van der Waals surface area contributed by atoms with E-state index in [1.165, 1.54) is 0 Å². The van der Waals surface area contributed by atoms with Gasteiger partial charge in [0.1, 0.15) is 0 Å². The Morgan fingerprint density at radius 2 is 1.91 bits per heavy atom. The van der Waals surface area contributed by atoms with E-state index in [-0.39, 0.29) is 18.7 Å². The van der Waals surface area contributed by atoms with Crippen molar-refractivity contribution in [1.29, 1.82) is 0 Å². The van der Waals surface area contributed by atoms with Gasteiger partial charge in [-0.1, -0.05) is 11.6 Å². The second-order valence-corrected chi connectivity index (χ2v) is 7.21. The highest BCUT2D eigenvalue weighted by molar-refractivity contribution is 7.99. The topological polar surface area (TPSA) is 61.4 Å². The Balaban J connectivity index is 1.57. The van der Waals surface area contributed by atoms with Gasteiger partial charge in [0.15, 0.2) is 0 Å². The normalized spacial score (nSPS) is 21.4. The summed E-state index contributed by atoms with van der Waals surface area (Å²) in [5, 5.41) is 15.7. The number of rotatable bonds is 6. The van der Waals surface area contributed by atoms with Gasteiger partial charge in [0.2, 0.25) is 0 Å². The molecule has 3 N–H and O–H groups in total. The lowest BCUT2D eigenvalue weighted by molar-refractivity contribution is 0.174. The first kappa shape index (κ1) is 17.4. The number of carbonyl (C=O) groups excluding carboxylic acids is 1. The highest BCUT2D eigenvalue weighted by Gasteiger charge is 2.21. The maximum atomic E-state index is 11.8. The Hall–Kier alpha value is -0.910. The maximum Gasteiger partial charge on any atom is 0.315 e. The summed E-state index contributed by atoms with van der Waals surface area (Å²) in [6, 6.07) is 7.84. The summed E-state index contributed by atoms with van der Waals surface area (Å²) in [5.41, 5.74) is 0. The van der Waals surface area contributed by atoms with Crippen LogP contribution in [-0.2, 0) is 0 Å². The van der Waals surface area contributed by atoms with Crippen LogP contribution >= 0.6 is 23.4 Å². The molecule has 2 amide bonds. The SMILES string of the molecule is O=C(NCCSc1ccc(Cl)cc1)NC1CCC(CO)CC1. The van der Waals surface area contributed by atoms with Crippen molar-refractivity contribution < 1.29 is 9.90 Å². The van der Waals surface area contributed by atoms with Gasteiger partial charge in [0.05, 0.1) is 0 Å². The summed E-state index contributed by atoms with van der Waals surface area (Å²) in [7, 11) is 0. The summed E-state index contributed by atoms with van der Waals surface area (Å²) in [6.45, 7) is 0.895. The lowest BCUT2D eigenvalue weighted by Gasteiger charge is -2.27. The third kappa shape index (κ3) is 6.07. The van der Waals surface area contributed by atoms with Gasteiger partial charge in [-0.05, 0) is 55.9 Å². The molecule has 1 aromatic rings. The van der Waals surface area contributed by atoms with Crippen molar-refractivity contribution in [2.75, 3.05) is 18.9 Å². The van der Waals surface area contributed by atoms with Crippen molar-refractivity contribution in [1.82, 2.24) is 10.6 Å². The minimum Gasteiger partial charge on any atom is -0.396 e. The highest BCUT2D eigenvalue weighted by Crippen LogP contribution is 2.23. The second-order valence-electron chi connectivity index (χ2n) is 5.60. The van der Waals surface area contributed by atoms with E-state index >= 15 is 0 Å². The zero-order chi connectivity index (χ0) is 15.8. The number of urea groups is 1. The molecular formula is C16H23ClN2O2S. The van der Waals surface area contributed by atoms with Crippen LogP contribution in [0.4, 0.5) is 4.79 Å². The van der Waals surface area contributed by atoms with Crippen LogP contribution < -0.4 is 10.6 Å². The maximum absolute atomic E-state index is 11.8. The van der Waals surface area contributed by atoms with Gasteiger partial charge >= 0.3 is 6.03 Å². The molecule has 2 rings (SSSR count). The van der Waals surface area contributed by atoms with E-state index in [2.05, 4.69) is 10.6 Å². The average Bonchev–Trinajstić information content (AvgIpc) is 2.54. The lowest BCUT2D eigenvalue weighted by Crippen LogP contribution is -2.44. The minimum absolute atomic E-state index is 0.0934. The van der Waals surface area contributed by atoms with Crippen molar-refractivity contribution in [2.45, 2.75) is 36.6 Å². The van der Waals surface area contributed by atoms with Crippen molar-refractivity contribution >= 4 is 29.4 Å². The van der Waals surface area contributed by atoms with Crippen LogP contribution in [0.3, 0.4) is 0 Å². The first-order chi connectivity index (χ1) is 10.7. The van der Waals surface area contributed by atoms with Crippen molar-refractivity contribution in [3.8, 4) is 0 Å². The molecule has 0 aliphatic heterocycles. The second kappa shape index (κ2) is 9.28. The molecule has 0 aromatic heterocycles. The summed E-state index contributed by atoms with van der Waals surface area (Å²) in [6.07, 6.45) is 3.90.